The van der Waals surface area contributed by atoms with Crippen LogP contribution in [0.15, 0.2) is 22.7 Å². The Balaban J connectivity index is 1.66. The third kappa shape index (κ3) is 4.26. The maximum absolute atomic E-state index is 12.1. The first-order chi connectivity index (χ1) is 11.9. The molecule has 2 heterocycles. The summed E-state index contributed by atoms with van der Waals surface area (Å²) in [5, 5.41) is 12.7. The fourth-order valence-electron chi connectivity index (χ4n) is 2.70. The molecule has 0 fully saturated rings. The van der Waals surface area contributed by atoms with Crippen LogP contribution in [-0.4, -0.2) is 31.8 Å². The van der Waals surface area contributed by atoms with E-state index in [-0.39, 0.29) is 11.7 Å². The van der Waals surface area contributed by atoms with Crippen LogP contribution in [0.3, 0.4) is 0 Å². The van der Waals surface area contributed by atoms with Gasteiger partial charge < -0.3 is 5.32 Å². The average molecular weight is 374 g/mol. The SMILES string of the molecule is Cc1cc(C)c(-c2csc(NC(=O)CSc3n[nH]c(C)n3)n2)c(C)c1. The Kier molecular flexibility index (Phi) is 5.19. The molecule has 1 amide bonds. The minimum absolute atomic E-state index is 0.120. The van der Waals surface area contributed by atoms with Gasteiger partial charge in [0.2, 0.25) is 11.1 Å². The number of carbonyl (C=O) groups excluding carboxylic acids is 1. The molecule has 0 aliphatic rings. The highest BCUT2D eigenvalue weighted by atomic mass is 32.2. The second-order valence-electron chi connectivity index (χ2n) is 5.85. The van der Waals surface area contributed by atoms with Gasteiger partial charge in [0.1, 0.15) is 5.82 Å². The zero-order valence-corrected chi connectivity index (χ0v) is 16.1. The molecule has 6 nitrogen and oxygen atoms in total. The van der Waals surface area contributed by atoms with Gasteiger partial charge in [0.05, 0.1) is 11.4 Å². The van der Waals surface area contributed by atoms with Crippen LogP contribution < -0.4 is 5.32 Å². The van der Waals surface area contributed by atoms with Crippen molar-refractivity contribution >= 4 is 34.1 Å². The minimum atomic E-state index is -0.120. The van der Waals surface area contributed by atoms with E-state index in [9.17, 15) is 4.79 Å². The summed E-state index contributed by atoms with van der Waals surface area (Å²) >= 11 is 2.72. The van der Waals surface area contributed by atoms with Crippen molar-refractivity contribution in [2.45, 2.75) is 32.9 Å². The van der Waals surface area contributed by atoms with E-state index in [0.717, 1.165) is 17.1 Å². The van der Waals surface area contributed by atoms with Gasteiger partial charge in [0.15, 0.2) is 5.13 Å². The van der Waals surface area contributed by atoms with Crippen molar-refractivity contribution in [3.63, 3.8) is 0 Å². The quantitative estimate of drug-likeness (QED) is 0.663. The zero-order valence-electron chi connectivity index (χ0n) is 14.5. The normalized spacial score (nSPS) is 10.9. The number of nitrogens with zero attached hydrogens (tertiary/aromatic N) is 3. The monoisotopic (exact) mass is 373 g/mol. The van der Waals surface area contributed by atoms with Crippen molar-refractivity contribution in [2.24, 2.45) is 0 Å². The molecule has 0 saturated carbocycles. The minimum Gasteiger partial charge on any atom is -0.301 e. The van der Waals surface area contributed by atoms with Crippen LogP contribution in [-0.2, 0) is 4.79 Å². The van der Waals surface area contributed by atoms with Gasteiger partial charge >= 0.3 is 0 Å². The molecule has 1 aromatic carbocycles. The standard InChI is InChI=1S/C17H19N5OS2/c1-9-5-10(2)15(11(3)6-9)13-7-24-16(19-13)20-14(23)8-25-17-18-12(4)21-22-17/h5-7H,8H2,1-4H3,(H,18,21,22)(H,19,20,23). The van der Waals surface area contributed by atoms with E-state index in [1.54, 1.807) is 0 Å². The molecule has 25 heavy (non-hydrogen) atoms. The van der Waals surface area contributed by atoms with Gasteiger partial charge in [0.25, 0.3) is 0 Å². The molecule has 3 rings (SSSR count). The fourth-order valence-corrected chi connectivity index (χ4v) is 4.06. The Morgan fingerprint density at radius 1 is 1.20 bits per heavy atom. The molecule has 2 N–H and O–H groups in total. The number of amides is 1. The molecule has 8 heteroatoms. The molecule has 3 aromatic rings. The van der Waals surface area contributed by atoms with Crippen molar-refractivity contribution in [3.8, 4) is 11.3 Å². The molecule has 0 atom stereocenters. The fraction of sp³-hybridized carbons (Fsp3) is 0.294. The molecule has 0 bridgehead atoms. The molecule has 0 spiro atoms. The Labute approximate surface area is 154 Å². The Morgan fingerprint density at radius 3 is 2.56 bits per heavy atom. The molecule has 0 unspecified atom stereocenters. The van der Waals surface area contributed by atoms with Crippen molar-refractivity contribution in [2.75, 3.05) is 11.1 Å². The summed E-state index contributed by atoms with van der Waals surface area (Å²) in [5.41, 5.74) is 5.65. The summed E-state index contributed by atoms with van der Waals surface area (Å²) in [5.74, 6) is 0.858. The lowest BCUT2D eigenvalue weighted by molar-refractivity contribution is -0.113. The van der Waals surface area contributed by atoms with Crippen LogP contribution in [0.5, 0.6) is 0 Å². The molecular formula is C17H19N5OS2. The molecular weight excluding hydrogens is 354 g/mol. The molecule has 0 aliphatic heterocycles. The highest BCUT2D eigenvalue weighted by Gasteiger charge is 2.13. The third-order valence-corrected chi connectivity index (χ3v) is 5.20. The van der Waals surface area contributed by atoms with Crippen LogP contribution in [0.2, 0.25) is 0 Å². The van der Waals surface area contributed by atoms with Gasteiger partial charge in [-0.25, -0.2) is 9.97 Å². The second-order valence-corrected chi connectivity index (χ2v) is 7.65. The van der Waals surface area contributed by atoms with Gasteiger partial charge in [-0.15, -0.1) is 16.4 Å². The van der Waals surface area contributed by atoms with E-state index >= 15 is 0 Å². The third-order valence-electron chi connectivity index (χ3n) is 3.59. The first-order valence-corrected chi connectivity index (χ1v) is 9.64. The number of aryl methyl sites for hydroxylation is 4. The summed E-state index contributed by atoms with van der Waals surface area (Å²) in [7, 11) is 0. The van der Waals surface area contributed by atoms with Gasteiger partial charge in [-0.05, 0) is 38.8 Å². The van der Waals surface area contributed by atoms with Crippen LogP contribution >= 0.6 is 23.1 Å². The second kappa shape index (κ2) is 7.37. The number of anilines is 1. The number of aromatic amines is 1. The number of hydrogen-bond donors (Lipinski definition) is 2. The van der Waals surface area contributed by atoms with E-state index in [1.165, 1.54) is 39.8 Å². The Morgan fingerprint density at radius 2 is 1.92 bits per heavy atom. The van der Waals surface area contributed by atoms with E-state index in [0.29, 0.717) is 10.3 Å². The number of nitrogens with one attached hydrogen (secondary N) is 2. The summed E-state index contributed by atoms with van der Waals surface area (Å²) in [4.78, 5) is 20.8. The molecule has 0 radical (unpaired) electrons. The van der Waals surface area contributed by atoms with E-state index in [4.69, 9.17) is 0 Å². The summed E-state index contributed by atoms with van der Waals surface area (Å²) in [6, 6.07) is 4.30. The van der Waals surface area contributed by atoms with Crippen molar-refractivity contribution in [1.82, 2.24) is 20.2 Å². The Bertz CT molecular complexity index is 892. The van der Waals surface area contributed by atoms with Gasteiger partial charge in [0, 0.05) is 10.9 Å². The predicted molar refractivity (Wildman–Crippen MR) is 102 cm³/mol. The molecule has 0 aliphatic carbocycles. The van der Waals surface area contributed by atoms with E-state index in [1.807, 2.05) is 12.3 Å². The largest absolute Gasteiger partial charge is 0.301 e. The predicted octanol–water partition coefficient (Wildman–Crippen LogP) is 3.89. The van der Waals surface area contributed by atoms with Crippen LogP contribution in [0, 0.1) is 27.7 Å². The zero-order chi connectivity index (χ0) is 18.0. The topological polar surface area (TPSA) is 83.6 Å². The summed E-state index contributed by atoms with van der Waals surface area (Å²) in [6.07, 6.45) is 0. The first kappa shape index (κ1) is 17.6. The van der Waals surface area contributed by atoms with Gasteiger partial charge in [-0.1, -0.05) is 29.5 Å². The van der Waals surface area contributed by atoms with Crippen molar-refractivity contribution in [1.29, 1.82) is 0 Å². The van der Waals surface area contributed by atoms with Crippen molar-refractivity contribution < 1.29 is 4.79 Å². The van der Waals surface area contributed by atoms with Crippen LogP contribution in [0.25, 0.3) is 11.3 Å². The number of benzene rings is 1. The van der Waals surface area contributed by atoms with Crippen LogP contribution in [0.4, 0.5) is 5.13 Å². The number of aromatic nitrogens is 4. The lowest BCUT2D eigenvalue weighted by Gasteiger charge is -2.08. The Hall–Kier alpha value is -2.19. The molecule has 2 aromatic heterocycles. The van der Waals surface area contributed by atoms with E-state index in [2.05, 4.69) is 58.4 Å². The van der Waals surface area contributed by atoms with Crippen molar-refractivity contribution in [3.05, 3.63) is 40.0 Å². The van der Waals surface area contributed by atoms with Crippen LogP contribution in [0.1, 0.15) is 22.5 Å². The number of thioether (sulfide) groups is 1. The highest BCUT2D eigenvalue weighted by Crippen LogP contribution is 2.31. The first-order valence-electron chi connectivity index (χ1n) is 7.78. The summed E-state index contributed by atoms with van der Waals surface area (Å²) in [6.45, 7) is 8.08. The lowest BCUT2D eigenvalue weighted by atomic mass is 9.98. The van der Waals surface area contributed by atoms with Gasteiger partial charge in [-0.2, -0.15) is 0 Å². The number of hydrogen-bond acceptors (Lipinski definition) is 6. The highest BCUT2D eigenvalue weighted by molar-refractivity contribution is 7.99. The van der Waals surface area contributed by atoms with E-state index < -0.39 is 0 Å². The molecule has 0 saturated heterocycles. The molecule has 130 valence electrons. The lowest BCUT2D eigenvalue weighted by Crippen LogP contribution is -2.13. The number of H-pyrrole nitrogens is 1. The maximum atomic E-state index is 12.1. The summed E-state index contributed by atoms with van der Waals surface area (Å²) < 4.78 is 0. The number of rotatable bonds is 5. The maximum Gasteiger partial charge on any atom is 0.236 e. The smallest absolute Gasteiger partial charge is 0.236 e. The average Bonchev–Trinajstić information content (AvgIpc) is 3.13. The van der Waals surface area contributed by atoms with Gasteiger partial charge in [-0.3, -0.25) is 9.89 Å². The number of carbonyl (C=O) groups is 1. The number of thiazole rings is 1.